The van der Waals surface area contributed by atoms with Gasteiger partial charge >= 0.3 is 5.69 Å². The van der Waals surface area contributed by atoms with Gasteiger partial charge in [-0.15, -0.1) is 0 Å². The monoisotopic (exact) mass is 471 g/mol. The van der Waals surface area contributed by atoms with Crippen molar-refractivity contribution in [3.63, 3.8) is 0 Å². The maximum absolute atomic E-state index is 13.6. The molecule has 0 saturated carbocycles. The Labute approximate surface area is 198 Å². The number of nitrogens with one attached hydrogen (secondary N) is 1. The van der Waals surface area contributed by atoms with E-state index in [0.29, 0.717) is 18.9 Å². The molecule has 184 valence electrons. The summed E-state index contributed by atoms with van der Waals surface area (Å²) in [6, 6.07) is 7.71. The van der Waals surface area contributed by atoms with E-state index in [1.807, 2.05) is 31.2 Å². The summed E-state index contributed by atoms with van der Waals surface area (Å²) < 4.78 is 6.39. The molecule has 10 heteroatoms. The van der Waals surface area contributed by atoms with E-state index < -0.39 is 23.1 Å². The molecule has 1 aliphatic rings. The fourth-order valence-electron chi connectivity index (χ4n) is 4.19. The first-order valence-corrected chi connectivity index (χ1v) is 11.5. The van der Waals surface area contributed by atoms with Crippen LogP contribution in [0.5, 0.6) is 0 Å². The van der Waals surface area contributed by atoms with E-state index in [2.05, 4.69) is 18.8 Å². The summed E-state index contributed by atoms with van der Waals surface area (Å²) in [5.74, 6) is -1.02. The van der Waals surface area contributed by atoms with Crippen LogP contribution >= 0.6 is 0 Å². The molecule has 2 heterocycles. The molecule has 1 fully saturated rings. The number of rotatable bonds is 9. The van der Waals surface area contributed by atoms with E-state index in [0.717, 1.165) is 11.3 Å². The number of nitrogens with zero attached hydrogens (tertiary/aromatic N) is 3. The maximum atomic E-state index is 13.6. The number of carbonyl (C=O) groups is 2. The van der Waals surface area contributed by atoms with Crippen LogP contribution in [0.1, 0.15) is 45.1 Å². The fourth-order valence-corrected chi connectivity index (χ4v) is 4.19. The van der Waals surface area contributed by atoms with Crippen molar-refractivity contribution in [3.8, 4) is 0 Å². The molecule has 1 atom stereocenters. The van der Waals surface area contributed by atoms with Gasteiger partial charge in [-0.2, -0.15) is 0 Å². The van der Waals surface area contributed by atoms with Crippen molar-refractivity contribution in [3.05, 3.63) is 50.7 Å². The minimum Gasteiger partial charge on any atom is -0.383 e. The molecule has 3 rings (SSSR count). The Bertz CT molecular complexity index is 1170. The van der Waals surface area contributed by atoms with Crippen molar-refractivity contribution < 1.29 is 14.3 Å². The summed E-state index contributed by atoms with van der Waals surface area (Å²) in [6.07, 6.45) is 0.629. The van der Waals surface area contributed by atoms with Crippen LogP contribution in [0.4, 0.5) is 17.2 Å². The SMILES string of the molecule is CCCn1c(N)c(N(CCOC)C(=O)C2CC(=O)N(c3cccc(C(C)C)c3)C2)c(=O)[nH]c1=O. The number of aromatic amines is 1. The first kappa shape index (κ1) is 25.2. The van der Waals surface area contributed by atoms with Crippen LogP contribution in [0, 0.1) is 5.92 Å². The van der Waals surface area contributed by atoms with Gasteiger partial charge < -0.3 is 20.3 Å². The number of benzene rings is 1. The zero-order valence-electron chi connectivity index (χ0n) is 20.2. The minimum absolute atomic E-state index is 0.0145. The molecule has 2 aromatic rings. The summed E-state index contributed by atoms with van der Waals surface area (Å²) in [5.41, 5.74) is 6.57. The Kier molecular flexibility index (Phi) is 7.93. The average Bonchev–Trinajstić information content (AvgIpc) is 3.20. The molecule has 0 radical (unpaired) electrons. The van der Waals surface area contributed by atoms with Crippen LogP contribution in [0.2, 0.25) is 0 Å². The second-order valence-corrected chi connectivity index (χ2v) is 8.78. The van der Waals surface area contributed by atoms with Gasteiger partial charge in [0.25, 0.3) is 5.56 Å². The first-order chi connectivity index (χ1) is 16.2. The second kappa shape index (κ2) is 10.7. The van der Waals surface area contributed by atoms with Gasteiger partial charge in [0.15, 0.2) is 5.69 Å². The Morgan fingerprint density at radius 2 is 2.03 bits per heavy atom. The molecule has 2 amide bonds. The number of nitrogen functional groups attached to an aromatic ring is 1. The van der Waals surface area contributed by atoms with Gasteiger partial charge in [0.2, 0.25) is 11.8 Å². The van der Waals surface area contributed by atoms with E-state index >= 15 is 0 Å². The smallest absolute Gasteiger partial charge is 0.330 e. The van der Waals surface area contributed by atoms with Gasteiger partial charge in [-0.05, 0) is 30.0 Å². The Morgan fingerprint density at radius 1 is 1.29 bits per heavy atom. The number of hydrogen-bond donors (Lipinski definition) is 2. The third kappa shape index (κ3) is 5.06. The van der Waals surface area contributed by atoms with E-state index in [9.17, 15) is 19.2 Å². The highest BCUT2D eigenvalue weighted by Crippen LogP contribution is 2.30. The minimum atomic E-state index is -0.745. The lowest BCUT2D eigenvalue weighted by Crippen LogP contribution is -2.45. The van der Waals surface area contributed by atoms with Gasteiger partial charge in [0.05, 0.1) is 12.5 Å². The quantitative estimate of drug-likeness (QED) is 0.572. The highest BCUT2D eigenvalue weighted by Gasteiger charge is 2.39. The van der Waals surface area contributed by atoms with Crippen LogP contribution < -0.4 is 26.8 Å². The fraction of sp³-hybridized carbons (Fsp3) is 0.500. The van der Waals surface area contributed by atoms with Gasteiger partial charge in [-0.25, -0.2) is 4.79 Å². The molecular formula is C24H33N5O5. The van der Waals surface area contributed by atoms with Crippen molar-refractivity contribution in [2.24, 2.45) is 5.92 Å². The second-order valence-electron chi connectivity index (χ2n) is 8.78. The summed E-state index contributed by atoms with van der Waals surface area (Å²) in [5, 5.41) is 0. The largest absolute Gasteiger partial charge is 0.383 e. The van der Waals surface area contributed by atoms with Gasteiger partial charge in [0, 0.05) is 38.9 Å². The molecule has 3 N–H and O–H groups in total. The maximum Gasteiger partial charge on any atom is 0.330 e. The summed E-state index contributed by atoms with van der Waals surface area (Å²) >= 11 is 0. The number of anilines is 3. The summed E-state index contributed by atoms with van der Waals surface area (Å²) in [4.78, 5) is 56.5. The summed E-state index contributed by atoms with van der Waals surface area (Å²) in [7, 11) is 1.48. The normalized spacial score (nSPS) is 15.9. The molecular weight excluding hydrogens is 438 g/mol. The number of amides is 2. The average molecular weight is 472 g/mol. The van der Waals surface area contributed by atoms with Gasteiger partial charge in [-0.3, -0.25) is 23.9 Å². The zero-order valence-corrected chi connectivity index (χ0v) is 20.2. The van der Waals surface area contributed by atoms with E-state index in [4.69, 9.17) is 10.5 Å². The molecule has 1 unspecified atom stereocenters. The molecule has 0 aliphatic carbocycles. The van der Waals surface area contributed by atoms with Crippen LogP contribution in [0.15, 0.2) is 33.9 Å². The Balaban J connectivity index is 1.95. The molecule has 0 bridgehead atoms. The van der Waals surface area contributed by atoms with Crippen molar-refractivity contribution in [2.75, 3.05) is 42.3 Å². The van der Waals surface area contributed by atoms with Crippen LogP contribution in [0.3, 0.4) is 0 Å². The number of carbonyl (C=O) groups excluding carboxylic acids is 2. The number of hydrogen-bond acceptors (Lipinski definition) is 6. The highest BCUT2D eigenvalue weighted by molar-refractivity contribution is 6.05. The van der Waals surface area contributed by atoms with Crippen molar-refractivity contribution in [1.82, 2.24) is 9.55 Å². The van der Waals surface area contributed by atoms with E-state index in [1.54, 1.807) is 4.90 Å². The topological polar surface area (TPSA) is 131 Å². The number of H-pyrrole nitrogens is 1. The summed E-state index contributed by atoms with van der Waals surface area (Å²) in [6.45, 7) is 6.71. The molecule has 1 aliphatic heterocycles. The number of nitrogens with two attached hydrogens (primary N) is 1. The molecule has 34 heavy (non-hydrogen) atoms. The van der Waals surface area contributed by atoms with Crippen molar-refractivity contribution >= 4 is 29.0 Å². The van der Waals surface area contributed by atoms with Crippen molar-refractivity contribution in [1.29, 1.82) is 0 Å². The molecule has 1 saturated heterocycles. The number of methoxy groups -OCH3 is 1. The van der Waals surface area contributed by atoms with Gasteiger partial charge in [-0.1, -0.05) is 32.9 Å². The molecule has 1 aromatic carbocycles. The number of aromatic nitrogens is 2. The molecule has 10 nitrogen and oxygen atoms in total. The first-order valence-electron chi connectivity index (χ1n) is 11.5. The van der Waals surface area contributed by atoms with Crippen LogP contribution in [0.25, 0.3) is 0 Å². The standard InChI is InChI=1S/C24H33N5O5/c1-5-9-28-21(25)20(22(31)26-24(28)33)27(10-11-34-4)23(32)17-13-19(30)29(14-17)18-8-6-7-16(12-18)15(2)3/h6-8,12,15,17H,5,9-11,13-14,25H2,1-4H3,(H,26,31,33). The Morgan fingerprint density at radius 3 is 2.68 bits per heavy atom. The van der Waals surface area contributed by atoms with E-state index in [1.165, 1.54) is 16.6 Å². The Hall–Kier alpha value is -3.40. The van der Waals surface area contributed by atoms with Gasteiger partial charge in [0.1, 0.15) is 5.82 Å². The third-order valence-electron chi connectivity index (χ3n) is 6.04. The highest BCUT2D eigenvalue weighted by atomic mass is 16.5. The zero-order chi connectivity index (χ0) is 25.0. The lowest BCUT2D eigenvalue weighted by molar-refractivity contribution is -0.124. The number of ether oxygens (including phenoxy) is 1. The third-order valence-corrected chi connectivity index (χ3v) is 6.04. The predicted octanol–water partition coefficient (Wildman–Crippen LogP) is 1.68. The molecule has 1 aromatic heterocycles. The lowest BCUT2D eigenvalue weighted by Gasteiger charge is -2.26. The van der Waals surface area contributed by atoms with Crippen LogP contribution in [-0.2, 0) is 20.9 Å². The lowest BCUT2D eigenvalue weighted by atomic mass is 10.0. The van der Waals surface area contributed by atoms with Crippen LogP contribution in [-0.4, -0.2) is 48.2 Å². The molecule has 0 spiro atoms. The van der Waals surface area contributed by atoms with E-state index in [-0.39, 0.29) is 43.5 Å². The van der Waals surface area contributed by atoms with Crippen molar-refractivity contribution in [2.45, 2.75) is 46.1 Å². The predicted molar refractivity (Wildman–Crippen MR) is 131 cm³/mol.